The molecule has 4 heteroatoms. The molecule has 1 aromatic rings. The van der Waals surface area contributed by atoms with Crippen LogP contribution in [0.5, 0.6) is 0 Å². The van der Waals surface area contributed by atoms with Gasteiger partial charge in [-0.3, -0.25) is 0 Å². The standard InChI is InChI=1S/C17H26N2O2/c1-17(2,3)21-16(20)19-12-8-7-11-14(19)15(18)13-9-5-4-6-10-13/h4-6,9-10,14-15H,7-8,11-12,18H2,1-3H3/t14-,15-/m1/s1. The molecule has 1 fully saturated rings. The van der Waals surface area contributed by atoms with Gasteiger partial charge in [-0.2, -0.15) is 0 Å². The molecule has 1 aliphatic rings. The minimum absolute atomic E-state index is 0.0102. The zero-order chi connectivity index (χ0) is 15.5. The Hall–Kier alpha value is -1.55. The average molecular weight is 290 g/mol. The molecule has 21 heavy (non-hydrogen) atoms. The first-order valence-electron chi connectivity index (χ1n) is 7.68. The number of hydrogen-bond donors (Lipinski definition) is 1. The van der Waals surface area contributed by atoms with E-state index in [2.05, 4.69) is 0 Å². The van der Waals surface area contributed by atoms with Gasteiger partial charge in [-0.05, 0) is 45.6 Å². The predicted octanol–water partition coefficient (Wildman–Crippen LogP) is 3.48. The molecule has 116 valence electrons. The van der Waals surface area contributed by atoms with Crippen molar-refractivity contribution < 1.29 is 9.53 Å². The van der Waals surface area contributed by atoms with Crippen LogP contribution in [0, 0.1) is 0 Å². The van der Waals surface area contributed by atoms with Crippen molar-refractivity contribution in [2.24, 2.45) is 5.73 Å². The van der Waals surface area contributed by atoms with Crippen molar-refractivity contribution in [2.75, 3.05) is 6.54 Å². The van der Waals surface area contributed by atoms with E-state index < -0.39 is 5.60 Å². The Morgan fingerprint density at radius 3 is 2.57 bits per heavy atom. The molecule has 2 N–H and O–H groups in total. The van der Waals surface area contributed by atoms with Crippen LogP contribution in [0.2, 0.25) is 0 Å². The summed E-state index contributed by atoms with van der Waals surface area (Å²) in [4.78, 5) is 14.2. The van der Waals surface area contributed by atoms with Crippen LogP contribution in [0.4, 0.5) is 4.79 Å². The van der Waals surface area contributed by atoms with Gasteiger partial charge in [0.25, 0.3) is 0 Å². The number of amides is 1. The van der Waals surface area contributed by atoms with Crippen LogP contribution in [0.15, 0.2) is 30.3 Å². The predicted molar refractivity (Wildman–Crippen MR) is 83.9 cm³/mol. The van der Waals surface area contributed by atoms with Gasteiger partial charge >= 0.3 is 6.09 Å². The lowest BCUT2D eigenvalue weighted by Gasteiger charge is -2.39. The van der Waals surface area contributed by atoms with Crippen molar-refractivity contribution in [3.63, 3.8) is 0 Å². The maximum atomic E-state index is 12.4. The maximum absolute atomic E-state index is 12.4. The highest BCUT2D eigenvalue weighted by Crippen LogP contribution is 2.28. The van der Waals surface area contributed by atoms with Gasteiger partial charge in [0.2, 0.25) is 0 Å². The number of carbonyl (C=O) groups excluding carboxylic acids is 1. The molecular weight excluding hydrogens is 264 g/mol. The molecule has 1 saturated heterocycles. The first-order valence-corrected chi connectivity index (χ1v) is 7.68. The minimum Gasteiger partial charge on any atom is -0.444 e. The lowest BCUT2D eigenvalue weighted by atomic mass is 9.92. The number of carbonyl (C=O) groups is 1. The van der Waals surface area contributed by atoms with Crippen molar-refractivity contribution >= 4 is 6.09 Å². The molecule has 1 aromatic carbocycles. The van der Waals surface area contributed by atoms with Gasteiger partial charge in [0.1, 0.15) is 5.60 Å². The number of nitrogens with two attached hydrogens (primary N) is 1. The van der Waals surface area contributed by atoms with Crippen molar-refractivity contribution in [2.45, 2.75) is 57.7 Å². The largest absolute Gasteiger partial charge is 0.444 e. The number of benzene rings is 1. The van der Waals surface area contributed by atoms with Gasteiger partial charge in [-0.1, -0.05) is 30.3 Å². The number of likely N-dealkylation sites (tertiary alicyclic amines) is 1. The second-order valence-corrected chi connectivity index (χ2v) is 6.67. The van der Waals surface area contributed by atoms with Crippen LogP contribution in [0.25, 0.3) is 0 Å². The topological polar surface area (TPSA) is 55.6 Å². The van der Waals surface area contributed by atoms with Crippen LogP contribution < -0.4 is 5.73 Å². The molecule has 0 bridgehead atoms. The van der Waals surface area contributed by atoms with E-state index >= 15 is 0 Å². The summed E-state index contributed by atoms with van der Waals surface area (Å²) >= 11 is 0. The van der Waals surface area contributed by atoms with E-state index in [1.54, 1.807) is 0 Å². The summed E-state index contributed by atoms with van der Waals surface area (Å²) in [7, 11) is 0. The van der Waals surface area contributed by atoms with Crippen LogP contribution in [-0.2, 0) is 4.74 Å². The summed E-state index contributed by atoms with van der Waals surface area (Å²) in [6.07, 6.45) is 2.79. The molecule has 1 amide bonds. The SMILES string of the molecule is CC(C)(C)OC(=O)N1CCCC[C@@H]1[C@H](N)c1ccccc1. The van der Waals surface area contributed by atoms with Crippen LogP contribution >= 0.6 is 0 Å². The Kier molecular flexibility index (Phi) is 4.88. The maximum Gasteiger partial charge on any atom is 0.410 e. The third kappa shape index (κ3) is 4.21. The smallest absolute Gasteiger partial charge is 0.410 e. The fourth-order valence-corrected chi connectivity index (χ4v) is 2.78. The molecule has 0 aromatic heterocycles. The van der Waals surface area contributed by atoms with Gasteiger partial charge < -0.3 is 15.4 Å². The van der Waals surface area contributed by atoms with E-state index in [0.29, 0.717) is 0 Å². The third-order valence-electron chi connectivity index (χ3n) is 3.78. The van der Waals surface area contributed by atoms with Crippen LogP contribution in [0.1, 0.15) is 51.6 Å². The van der Waals surface area contributed by atoms with Crippen LogP contribution in [0.3, 0.4) is 0 Å². The molecular formula is C17H26N2O2. The lowest BCUT2D eigenvalue weighted by molar-refractivity contribution is 0.00649. The third-order valence-corrected chi connectivity index (χ3v) is 3.78. The van der Waals surface area contributed by atoms with E-state index in [0.717, 1.165) is 31.4 Å². The van der Waals surface area contributed by atoms with Crippen molar-refractivity contribution in [1.82, 2.24) is 4.90 Å². The number of rotatable bonds is 2. The highest BCUT2D eigenvalue weighted by atomic mass is 16.6. The fraction of sp³-hybridized carbons (Fsp3) is 0.588. The average Bonchev–Trinajstić information content (AvgIpc) is 2.45. The number of piperidine rings is 1. The Labute approximate surface area is 127 Å². The number of nitrogens with zero attached hydrogens (tertiary/aromatic N) is 1. The summed E-state index contributed by atoms with van der Waals surface area (Å²) in [6, 6.07) is 9.82. The molecule has 2 atom stereocenters. The number of hydrogen-bond acceptors (Lipinski definition) is 3. The summed E-state index contributed by atoms with van der Waals surface area (Å²) in [5, 5.41) is 0. The van der Waals surface area contributed by atoms with Crippen LogP contribution in [-0.4, -0.2) is 29.2 Å². The van der Waals surface area contributed by atoms with Gasteiger partial charge in [0.15, 0.2) is 0 Å². The molecule has 0 unspecified atom stereocenters. The Balaban J connectivity index is 2.13. The highest BCUT2D eigenvalue weighted by Gasteiger charge is 2.34. The molecule has 1 heterocycles. The fourth-order valence-electron chi connectivity index (χ4n) is 2.78. The Bertz CT molecular complexity index is 467. The normalized spacial score (nSPS) is 21.0. The second-order valence-electron chi connectivity index (χ2n) is 6.67. The molecule has 0 radical (unpaired) electrons. The lowest BCUT2D eigenvalue weighted by Crippen LogP contribution is -2.50. The second kappa shape index (κ2) is 6.48. The first kappa shape index (κ1) is 15.8. The quantitative estimate of drug-likeness (QED) is 0.907. The number of ether oxygens (including phenoxy) is 1. The van der Waals surface area contributed by atoms with Gasteiger partial charge in [-0.25, -0.2) is 4.79 Å². The van der Waals surface area contributed by atoms with Crippen molar-refractivity contribution in [3.05, 3.63) is 35.9 Å². The highest BCUT2D eigenvalue weighted by molar-refractivity contribution is 5.69. The monoisotopic (exact) mass is 290 g/mol. The minimum atomic E-state index is -0.476. The van der Waals surface area contributed by atoms with E-state index in [1.807, 2.05) is 56.0 Å². The zero-order valence-corrected chi connectivity index (χ0v) is 13.2. The molecule has 2 rings (SSSR count). The molecule has 0 saturated carbocycles. The van der Waals surface area contributed by atoms with Gasteiger partial charge in [-0.15, -0.1) is 0 Å². The van der Waals surface area contributed by atoms with E-state index in [1.165, 1.54) is 0 Å². The molecule has 1 aliphatic heterocycles. The Morgan fingerprint density at radius 1 is 1.29 bits per heavy atom. The molecule has 0 spiro atoms. The molecule has 0 aliphatic carbocycles. The summed E-state index contributed by atoms with van der Waals surface area (Å²) in [5.41, 5.74) is 7.00. The van der Waals surface area contributed by atoms with Crippen molar-refractivity contribution in [1.29, 1.82) is 0 Å². The van der Waals surface area contributed by atoms with Crippen molar-refractivity contribution in [3.8, 4) is 0 Å². The first-order chi connectivity index (χ1) is 9.88. The van der Waals surface area contributed by atoms with Gasteiger partial charge in [0.05, 0.1) is 12.1 Å². The van der Waals surface area contributed by atoms with E-state index in [9.17, 15) is 4.79 Å². The van der Waals surface area contributed by atoms with Gasteiger partial charge in [0, 0.05) is 6.54 Å². The summed E-state index contributed by atoms with van der Waals surface area (Å²) < 4.78 is 5.52. The summed E-state index contributed by atoms with van der Waals surface area (Å²) in [5.74, 6) is 0. The van der Waals surface area contributed by atoms with E-state index in [4.69, 9.17) is 10.5 Å². The summed E-state index contributed by atoms with van der Waals surface area (Å²) in [6.45, 7) is 6.39. The van der Waals surface area contributed by atoms with E-state index in [-0.39, 0.29) is 18.2 Å². The molecule has 4 nitrogen and oxygen atoms in total. The zero-order valence-electron chi connectivity index (χ0n) is 13.2. The Morgan fingerprint density at radius 2 is 1.95 bits per heavy atom.